The molecule has 7 nitrogen and oxygen atoms in total. The first kappa shape index (κ1) is 19.9. The van der Waals surface area contributed by atoms with E-state index in [9.17, 15) is 9.59 Å². The van der Waals surface area contributed by atoms with E-state index in [1.54, 1.807) is 29.2 Å². The number of ether oxygens (including phenoxy) is 2. The van der Waals surface area contributed by atoms with Crippen LogP contribution >= 0.6 is 0 Å². The van der Waals surface area contributed by atoms with Crippen LogP contribution in [0.2, 0.25) is 0 Å². The van der Waals surface area contributed by atoms with Crippen LogP contribution in [-0.4, -0.2) is 49.6 Å². The second-order valence-corrected chi connectivity index (χ2v) is 6.55. The highest BCUT2D eigenvalue weighted by Gasteiger charge is 2.18. The lowest BCUT2D eigenvalue weighted by Gasteiger charge is -2.26. The molecule has 1 unspecified atom stereocenters. The molecule has 1 aliphatic rings. The summed E-state index contributed by atoms with van der Waals surface area (Å²) in [6.45, 7) is 2.13. The van der Waals surface area contributed by atoms with E-state index >= 15 is 0 Å². The largest absolute Gasteiger partial charge is 0.482 e. The van der Waals surface area contributed by atoms with Crippen LogP contribution in [0, 0.1) is 0 Å². The third kappa shape index (κ3) is 5.55. The first-order chi connectivity index (χ1) is 13.6. The average Bonchev–Trinajstić information content (AvgIpc) is 2.74. The van der Waals surface area contributed by atoms with Crippen LogP contribution in [0.1, 0.15) is 18.0 Å². The predicted molar refractivity (Wildman–Crippen MR) is 106 cm³/mol. The first-order valence-corrected chi connectivity index (χ1v) is 9.31. The van der Waals surface area contributed by atoms with Crippen molar-refractivity contribution in [3.8, 4) is 5.75 Å². The maximum absolute atomic E-state index is 12.4. The Kier molecular flexibility index (Phi) is 7.00. The van der Waals surface area contributed by atoms with Gasteiger partial charge in [0.25, 0.3) is 5.91 Å². The quantitative estimate of drug-likeness (QED) is 0.762. The van der Waals surface area contributed by atoms with E-state index in [0.29, 0.717) is 37.7 Å². The molecule has 0 saturated carbocycles. The molecule has 1 saturated heterocycles. The van der Waals surface area contributed by atoms with Crippen molar-refractivity contribution in [1.29, 1.82) is 0 Å². The highest BCUT2D eigenvalue weighted by molar-refractivity contribution is 5.92. The van der Waals surface area contributed by atoms with Crippen LogP contribution in [-0.2, 0) is 14.3 Å². The zero-order valence-corrected chi connectivity index (χ0v) is 15.7. The fraction of sp³-hybridized carbons (Fsp3) is 0.333. The van der Waals surface area contributed by atoms with Gasteiger partial charge in [-0.05, 0) is 17.7 Å². The maximum Gasteiger partial charge on any atom is 0.260 e. The van der Waals surface area contributed by atoms with Crippen LogP contribution in [0.25, 0.3) is 0 Å². The van der Waals surface area contributed by atoms with Crippen molar-refractivity contribution in [2.75, 3.05) is 38.2 Å². The molecule has 0 spiro atoms. The second-order valence-electron chi connectivity index (χ2n) is 6.55. The molecule has 28 heavy (non-hydrogen) atoms. The minimum absolute atomic E-state index is 0.0869. The van der Waals surface area contributed by atoms with E-state index in [2.05, 4.69) is 5.32 Å². The molecule has 3 rings (SSSR count). The van der Waals surface area contributed by atoms with Gasteiger partial charge in [-0.3, -0.25) is 9.59 Å². The Morgan fingerprint density at radius 1 is 1.07 bits per heavy atom. The Balaban J connectivity index is 1.55. The molecule has 1 heterocycles. The van der Waals surface area contributed by atoms with E-state index in [0.717, 1.165) is 5.56 Å². The van der Waals surface area contributed by atoms with Gasteiger partial charge in [0.2, 0.25) is 5.91 Å². The summed E-state index contributed by atoms with van der Waals surface area (Å²) < 4.78 is 10.9. The minimum Gasteiger partial charge on any atom is -0.482 e. The molecule has 1 atom stereocenters. The van der Waals surface area contributed by atoms with Crippen molar-refractivity contribution in [1.82, 2.24) is 4.90 Å². The number of para-hydroxylation sites is 2. The summed E-state index contributed by atoms with van der Waals surface area (Å²) in [4.78, 5) is 26.4. The van der Waals surface area contributed by atoms with Gasteiger partial charge in [-0.2, -0.15) is 0 Å². The Morgan fingerprint density at radius 3 is 2.50 bits per heavy atom. The number of rotatable bonds is 7. The predicted octanol–water partition coefficient (Wildman–Crippen LogP) is 1.95. The normalized spacial score (nSPS) is 15.0. The number of hydrogen-bond donors (Lipinski definition) is 2. The van der Waals surface area contributed by atoms with Crippen LogP contribution in [0.4, 0.5) is 5.69 Å². The number of anilines is 1. The van der Waals surface area contributed by atoms with Crippen LogP contribution in [0.5, 0.6) is 5.75 Å². The van der Waals surface area contributed by atoms with Gasteiger partial charge in [-0.15, -0.1) is 0 Å². The van der Waals surface area contributed by atoms with E-state index in [-0.39, 0.29) is 24.8 Å². The van der Waals surface area contributed by atoms with Gasteiger partial charge >= 0.3 is 0 Å². The number of hydrogen-bond acceptors (Lipinski definition) is 5. The summed E-state index contributed by atoms with van der Waals surface area (Å²) in [5.41, 5.74) is 7.53. The number of nitrogens with zero attached hydrogens (tertiary/aromatic N) is 1. The average molecular weight is 383 g/mol. The topological polar surface area (TPSA) is 93.9 Å². The molecule has 0 aromatic heterocycles. The van der Waals surface area contributed by atoms with Gasteiger partial charge in [0.05, 0.1) is 18.9 Å². The standard InChI is InChI=1S/C21H25N3O4/c22-17(16-6-2-1-3-7-16)14-20(25)23-18-8-4-5-9-19(18)28-15-21(26)24-10-12-27-13-11-24/h1-9,17H,10-15,22H2,(H,23,25). The van der Waals surface area contributed by atoms with Crippen molar-refractivity contribution in [2.45, 2.75) is 12.5 Å². The fourth-order valence-corrected chi connectivity index (χ4v) is 2.96. The maximum atomic E-state index is 12.4. The van der Waals surface area contributed by atoms with Gasteiger partial charge in [-0.25, -0.2) is 0 Å². The summed E-state index contributed by atoms with van der Waals surface area (Å²) in [5.74, 6) is 0.133. The summed E-state index contributed by atoms with van der Waals surface area (Å²) in [5, 5.41) is 2.83. The molecule has 3 N–H and O–H groups in total. The first-order valence-electron chi connectivity index (χ1n) is 9.31. The molecule has 7 heteroatoms. The molecule has 2 aromatic rings. The number of carbonyl (C=O) groups excluding carboxylic acids is 2. The lowest BCUT2D eigenvalue weighted by molar-refractivity contribution is -0.137. The third-order valence-electron chi connectivity index (χ3n) is 4.51. The molecule has 0 radical (unpaired) electrons. The lowest BCUT2D eigenvalue weighted by Crippen LogP contribution is -2.43. The van der Waals surface area contributed by atoms with E-state index in [1.165, 1.54) is 0 Å². The summed E-state index contributed by atoms with van der Waals surface area (Å²) in [6.07, 6.45) is 0.144. The highest BCUT2D eigenvalue weighted by Crippen LogP contribution is 2.25. The smallest absolute Gasteiger partial charge is 0.260 e. The highest BCUT2D eigenvalue weighted by atomic mass is 16.5. The van der Waals surface area contributed by atoms with Gasteiger partial charge in [0, 0.05) is 25.6 Å². The molecule has 1 aliphatic heterocycles. The molecule has 2 amide bonds. The van der Waals surface area contributed by atoms with Crippen molar-refractivity contribution in [3.05, 3.63) is 60.2 Å². The Bertz CT molecular complexity index is 791. The molecule has 2 aromatic carbocycles. The number of nitrogens with two attached hydrogens (primary N) is 1. The zero-order valence-electron chi connectivity index (χ0n) is 15.7. The zero-order chi connectivity index (χ0) is 19.8. The molecule has 148 valence electrons. The van der Waals surface area contributed by atoms with Crippen molar-refractivity contribution < 1.29 is 19.1 Å². The Hall–Kier alpha value is -2.90. The number of benzene rings is 2. The number of carbonyl (C=O) groups is 2. The lowest BCUT2D eigenvalue weighted by atomic mass is 10.0. The number of nitrogens with one attached hydrogen (secondary N) is 1. The Labute approximate surface area is 164 Å². The molecule has 0 aliphatic carbocycles. The molecule has 0 bridgehead atoms. The second kappa shape index (κ2) is 9.87. The summed E-state index contributed by atoms with van der Waals surface area (Å²) >= 11 is 0. The molecular weight excluding hydrogens is 358 g/mol. The van der Waals surface area contributed by atoms with Crippen LogP contribution in [0.15, 0.2) is 54.6 Å². The van der Waals surface area contributed by atoms with E-state index in [4.69, 9.17) is 15.2 Å². The van der Waals surface area contributed by atoms with E-state index in [1.807, 2.05) is 30.3 Å². The fourth-order valence-electron chi connectivity index (χ4n) is 2.96. The van der Waals surface area contributed by atoms with Crippen LogP contribution in [0.3, 0.4) is 0 Å². The van der Waals surface area contributed by atoms with Gasteiger partial charge in [0.15, 0.2) is 6.61 Å². The minimum atomic E-state index is -0.392. The SMILES string of the molecule is NC(CC(=O)Nc1ccccc1OCC(=O)N1CCOCC1)c1ccccc1. The van der Waals surface area contributed by atoms with Gasteiger partial charge < -0.3 is 25.4 Å². The Morgan fingerprint density at radius 2 is 1.75 bits per heavy atom. The van der Waals surface area contributed by atoms with Crippen molar-refractivity contribution in [3.63, 3.8) is 0 Å². The molecule has 1 fully saturated rings. The number of morpholine rings is 1. The summed E-state index contributed by atoms with van der Waals surface area (Å²) in [7, 11) is 0. The molecular formula is C21H25N3O4. The van der Waals surface area contributed by atoms with Crippen molar-refractivity contribution >= 4 is 17.5 Å². The van der Waals surface area contributed by atoms with Crippen molar-refractivity contribution in [2.24, 2.45) is 5.73 Å². The van der Waals surface area contributed by atoms with E-state index < -0.39 is 6.04 Å². The summed E-state index contributed by atoms with van der Waals surface area (Å²) in [6, 6.07) is 16.1. The van der Waals surface area contributed by atoms with Gasteiger partial charge in [-0.1, -0.05) is 42.5 Å². The van der Waals surface area contributed by atoms with Crippen LogP contribution < -0.4 is 15.8 Å². The number of amides is 2. The van der Waals surface area contributed by atoms with Gasteiger partial charge in [0.1, 0.15) is 5.75 Å². The third-order valence-corrected chi connectivity index (χ3v) is 4.51. The monoisotopic (exact) mass is 383 g/mol.